The minimum Gasteiger partial charge on any atom is -0.492 e. The monoisotopic (exact) mass is 306 g/mol. The summed E-state index contributed by atoms with van der Waals surface area (Å²) in [5.74, 6) is -1.04. The van der Waals surface area contributed by atoms with Crippen molar-refractivity contribution < 1.29 is 24.2 Å². The maximum absolute atomic E-state index is 12.7. The second kappa shape index (κ2) is 4.76. The highest BCUT2D eigenvalue weighted by Crippen LogP contribution is 2.38. The van der Waals surface area contributed by atoms with E-state index >= 15 is 0 Å². The smallest absolute Gasteiger partial charge is 0.242 e. The molecule has 3 atom stereocenters. The fraction of sp³-hybridized carbons (Fsp3) is 0.533. The molecule has 0 aromatic carbocycles. The molecule has 0 saturated carbocycles. The minimum absolute atomic E-state index is 0.0161. The number of piperazine rings is 1. The van der Waals surface area contributed by atoms with E-state index in [1.807, 2.05) is 0 Å². The number of rotatable bonds is 1. The van der Waals surface area contributed by atoms with Crippen molar-refractivity contribution in [3.05, 3.63) is 22.5 Å². The molecule has 0 unspecified atom stereocenters. The molecule has 3 aliphatic rings. The highest BCUT2D eigenvalue weighted by Gasteiger charge is 2.54. The van der Waals surface area contributed by atoms with Crippen LogP contribution in [0.2, 0.25) is 0 Å². The molecule has 0 radical (unpaired) electrons. The van der Waals surface area contributed by atoms with Crippen LogP contribution in [0.25, 0.3) is 0 Å². The van der Waals surface area contributed by atoms with Crippen LogP contribution >= 0.6 is 0 Å². The number of aliphatic hydroxyl groups is 1. The van der Waals surface area contributed by atoms with Crippen LogP contribution in [0.15, 0.2) is 22.5 Å². The molecule has 7 heteroatoms. The van der Waals surface area contributed by atoms with Gasteiger partial charge < -0.3 is 14.7 Å². The van der Waals surface area contributed by atoms with Crippen LogP contribution in [0.3, 0.4) is 0 Å². The van der Waals surface area contributed by atoms with E-state index in [4.69, 9.17) is 4.74 Å². The number of ether oxygens (including phenoxy) is 1. The lowest BCUT2D eigenvalue weighted by atomic mass is 9.75. The maximum Gasteiger partial charge on any atom is 0.242 e. The number of methoxy groups -OCH3 is 1. The Morgan fingerprint density at radius 2 is 1.77 bits per heavy atom. The number of carbonyl (C=O) groups is 3. The standard InChI is InChI=1S/C15H18N2O5/c1-6-11(18)9-8(13(20)14(6)22-4)7-5-16(2)15(21)10(12(9)19)17(7)3/h7,10,12,19H,5H2,1-4H3/t7-,10-,12-/m0/s1. The molecule has 2 bridgehead atoms. The van der Waals surface area contributed by atoms with Crippen molar-refractivity contribution in [2.45, 2.75) is 25.1 Å². The second-order valence-electron chi connectivity index (χ2n) is 5.93. The van der Waals surface area contributed by atoms with Gasteiger partial charge in [0, 0.05) is 30.3 Å². The zero-order chi connectivity index (χ0) is 16.3. The number of Topliss-reactive ketones (excluding diaryl/α,β-unsaturated/α-hetero) is 2. The van der Waals surface area contributed by atoms with Crippen LogP contribution in [-0.2, 0) is 19.1 Å². The van der Waals surface area contributed by atoms with Gasteiger partial charge >= 0.3 is 0 Å². The molecule has 2 heterocycles. The molecular weight excluding hydrogens is 288 g/mol. The first-order valence-corrected chi connectivity index (χ1v) is 7.04. The lowest BCUT2D eigenvalue weighted by Gasteiger charge is -2.50. The van der Waals surface area contributed by atoms with Gasteiger partial charge in [0.15, 0.2) is 11.5 Å². The number of allylic oxidation sites excluding steroid dienone is 2. The van der Waals surface area contributed by atoms with Crippen LogP contribution in [0.5, 0.6) is 0 Å². The number of amides is 1. The van der Waals surface area contributed by atoms with Crippen molar-refractivity contribution in [3.63, 3.8) is 0 Å². The summed E-state index contributed by atoms with van der Waals surface area (Å²) in [4.78, 5) is 40.7. The molecule has 0 spiro atoms. The van der Waals surface area contributed by atoms with E-state index in [-0.39, 0.29) is 34.2 Å². The van der Waals surface area contributed by atoms with Gasteiger partial charge in [0.2, 0.25) is 11.7 Å². The summed E-state index contributed by atoms with van der Waals surface area (Å²) in [6, 6.07) is -1.25. The Balaban J connectivity index is 2.21. The van der Waals surface area contributed by atoms with Crippen molar-refractivity contribution in [2.75, 3.05) is 27.7 Å². The van der Waals surface area contributed by atoms with Crippen LogP contribution in [-0.4, -0.2) is 78.3 Å². The van der Waals surface area contributed by atoms with Gasteiger partial charge in [0.05, 0.1) is 13.2 Å². The first kappa shape index (κ1) is 14.9. The Hall–Kier alpha value is -1.99. The molecule has 1 amide bonds. The number of hydrogen-bond acceptors (Lipinski definition) is 6. The normalized spacial score (nSPS) is 32.7. The van der Waals surface area contributed by atoms with Crippen molar-refractivity contribution >= 4 is 17.5 Å². The Kier molecular flexibility index (Phi) is 3.23. The average molecular weight is 306 g/mol. The SMILES string of the molecule is COC1=C(C)C(=O)C2=C(C1=O)[C@@H]1CN(C)C(=O)[C@H]([C@H]2O)N1C. The van der Waals surface area contributed by atoms with Gasteiger partial charge in [-0.15, -0.1) is 0 Å². The second-order valence-corrected chi connectivity index (χ2v) is 5.93. The van der Waals surface area contributed by atoms with E-state index in [2.05, 4.69) is 0 Å². The molecule has 2 aliphatic heterocycles. The summed E-state index contributed by atoms with van der Waals surface area (Å²) < 4.78 is 5.09. The van der Waals surface area contributed by atoms with E-state index in [9.17, 15) is 19.5 Å². The summed E-state index contributed by atoms with van der Waals surface area (Å²) in [6.45, 7) is 1.80. The summed E-state index contributed by atoms with van der Waals surface area (Å²) in [7, 11) is 4.65. The van der Waals surface area contributed by atoms with E-state index in [0.29, 0.717) is 6.54 Å². The van der Waals surface area contributed by atoms with Crippen molar-refractivity contribution in [1.29, 1.82) is 0 Å². The fourth-order valence-corrected chi connectivity index (χ4v) is 3.60. The molecule has 1 saturated heterocycles. The molecule has 7 nitrogen and oxygen atoms in total. The van der Waals surface area contributed by atoms with Gasteiger partial charge in [0.1, 0.15) is 12.1 Å². The number of likely N-dealkylation sites (N-methyl/N-ethyl adjacent to an activating group) is 2. The number of ketones is 2. The molecule has 1 aliphatic carbocycles. The highest BCUT2D eigenvalue weighted by molar-refractivity contribution is 6.25. The van der Waals surface area contributed by atoms with Crippen LogP contribution < -0.4 is 0 Å². The predicted octanol–water partition coefficient (Wildman–Crippen LogP) is -1.13. The van der Waals surface area contributed by atoms with Gasteiger partial charge in [-0.3, -0.25) is 19.3 Å². The lowest BCUT2D eigenvalue weighted by molar-refractivity contribution is -0.148. The Labute approximate surface area is 127 Å². The molecular formula is C15H18N2O5. The van der Waals surface area contributed by atoms with E-state index in [1.165, 1.54) is 18.9 Å². The highest BCUT2D eigenvalue weighted by atomic mass is 16.5. The van der Waals surface area contributed by atoms with E-state index in [0.717, 1.165) is 0 Å². The maximum atomic E-state index is 12.7. The van der Waals surface area contributed by atoms with Crippen molar-refractivity contribution in [1.82, 2.24) is 9.80 Å². The zero-order valence-electron chi connectivity index (χ0n) is 12.9. The summed E-state index contributed by atoms with van der Waals surface area (Å²) in [5, 5.41) is 10.6. The van der Waals surface area contributed by atoms with Crippen molar-refractivity contribution in [3.8, 4) is 0 Å². The molecule has 22 heavy (non-hydrogen) atoms. The summed E-state index contributed by atoms with van der Waals surface area (Å²) >= 11 is 0. The zero-order valence-corrected chi connectivity index (χ0v) is 12.9. The minimum atomic E-state index is -1.31. The third-order valence-electron chi connectivity index (χ3n) is 4.81. The number of carbonyl (C=O) groups excluding carboxylic acids is 3. The molecule has 0 aromatic heterocycles. The van der Waals surface area contributed by atoms with Gasteiger partial charge in [0.25, 0.3) is 0 Å². The largest absolute Gasteiger partial charge is 0.492 e. The van der Waals surface area contributed by atoms with Gasteiger partial charge in [-0.05, 0) is 14.0 Å². The van der Waals surface area contributed by atoms with Crippen LogP contribution in [0.1, 0.15) is 6.92 Å². The van der Waals surface area contributed by atoms with Gasteiger partial charge in [-0.25, -0.2) is 0 Å². The molecule has 1 N–H and O–H groups in total. The molecule has 3 rings (SSSR count). The summed E-state index contributed by atoms with van der Waals surface area (Å²) in [5.41, 5.74) is 0.477. The quantitative estimate of drug-likeness (QED) is 0.617. The third-order valence-corrected chi connectivity index (χ3v) is 4.81. The number of hydrogen-bond donors (Lipinski definition) is 1. The number of fused-ring (bicyclic) bond motifs is 3. The molecule has 0 aromatic rings. The lowest BCUT2D eigenvalue weighted by Crippen LogP contribution is -2.68. The fourth-order valence-electron chi connectivity index (χ4n) is 3.60. The Bertz CT molecular complexity index is 663. The van der Waals surface area contributed by atoms with E-state index in [1.54, 1.807) is 19.0 Å². The van der Waals surface area contributed by atoms with Crippen LogP contribution in [0.4, 0.5) is 0 Å². The third kappa shape index (κ3) is 1.66. The van der Waals surface area contributed by atoms with Crippen molar-refractivity contribution in [2.24, 2.45) is 0 Å². The average Bonchev–Trinajstić information content (AvgIpc) is 2.46. The first-order valence-electron chi connectivity index (χ1n) is 7.04. The molecule has 118 valence electrons. The number of aliphatic hydroxyl groups excluding tert-OH is 1. The Morgan fingerprint density at radius 3 is 2.36 bits per heavy atom. The van der Waals surface area contributed by atoms with Gasteiger partial charge in [-0.1, -0.05) is 0 Å². The topological polar surface area (TPSA) is 87.2 Å². The summed E-state index contributed by atoms with van der Waals surface area (Å²) in [6.07, 6.45) is -1.31. The Morgan fingerprint density at radius 1 is 1.14 bits per heavy atom. The predicted molar refractivity (Wildman–Crippen MR) is 75.7 cm³/mol. The van der Waals surface area contributed by atoms with E-state index < -0.39 is 24.0 Å². The number of nitrogens with zero attached hydrogens (tertiary/aromatic N) is 2. The first-order chi connectivity index (χ1) is 10.3. The molecule has 1 fully saturated rings. The van der Waals surface area contributed by atoms with Crippen LogP contribution in [0, 0.1) is 0 Å². The van der Waals surface area contributed by atoms with Gasteiger partial charge in [-0.2, -0.15) is 0 Å².